The monoisotopic (exact) mass is 223 g/mol. The summed E-state index contributed by atoms with van der Waals surface area (Å²) in [5.74, 6) is 0. The first-order valence-electron chi connectivity index (χ1n) is 5.71. The summed E-state index contributed by atoms with van der Waals surface area (Å²) in [7, 11) is 2.09. The minimum Gasteiger partial charge on any atom is -0.367 e. The van der Waals surface area contributed by atoms with Gasteiger partial charge in [0.05, 0.1) is 0 Å². The van der Waals surface area contributed by atoms with Crippen LogP contribution in [0.15, 0.2) is 23.3 Å². The lowest BCUT2D eigenvalue weighted by Crippen LogP contribution is -2.37. The zero-order valence-corrected chi connectivity index (χ0v) is 10.3. The number of hydrogen-bond donors (Lipinski definition) is 2. The molecule has 1 unspecified atom stereocenters. The number of nitrogens with zero attached hydrogens (tertiary/aromatic N) is 1. The van der Waals surface area contributed by atoms with Crippen LogP contribution in [0.5, 0.6) is 0 Å². The summed E-state index contributed by atoms with van der Waals surface area (Å²) >= 11 is 0. The summed E-state index contributed by atoms with van der Waals surface area (Å²) < 4.78 is 0. The minimum atomic E-state index is 0.0855. The fourth-order valence-corrected chi connectivity index (χ4v) is 1.53. The first-order valence-corrected chi connectivity index (χ1v) is 5.71. The third-order valence-corrected chi connectivity index (χ3v) is 2.67. The van der Waals surface area contributed by atoms with Gasteiger partial charge in [0.1, 0.15) is 0 Å². The Morgan fingerprint density at radius 1 is 1.56 bits per heavy atom. The first kappa shape index (κ1) is 12.9. The number of aromatic amines is 1. The summed E-state index contributed by atoms with van der Waals surface area (Å²) in [4.78, 5) is 16.6. The molecule has 0 bridgehead atoms. The van der Waals surface area contributed by atoms with Gasteiger partial charge in [0, 0.05) is 43.2 Å². The molecule has 1 rings (SSSR count). The highest BCUT2D eigenvalue weighted by Crippen LogP contribution is 1.92. The van der Waals surface area contributed by atoms with Gasteiger partial charge in [-0.2, -0.15) is 0 Å². The zero-order valence-electron chi connectivity index (χ0n) is 10.3. The third-order valence-electron chi connectivity index (χ3n) is 2.67. The molecule has 16 heavy (non-hydrogen) atoms. The van der Waals surface area contributed by atoms with E-state index in [0.29, 0.717) is 12.6 Å². The highest BCUT2D eigenvalue weighted by atomic mass is 16.1. The van der Waals surface area contributed by atoms with Gasteiger partial charge >= 0.3 is 0 Å². The number of rotatable bonds is 6. The Labute approximate surface area is 96.7 Å². The van der Waals surface area contributed by atoms with Crippen molar-refractivity contribution in [3.8, 4) is 0 Å². The van der Waals surface area contributed by atoms with Crippen LogP contribution < -0.4 is 10.7 Å². The second-order valence-corrected chi connectivity index (χ2v) is 4.17. The van der Waals surface area contributed by atoms with Crippen LogP contribution in [-0.2, 0) is 6.54 Å². The molecule has 0 aliphatic carbocycles. The molecule has 0 fully saturated rings. The number of pyridine rings is 1. The third kappa shape index (κ3) is 4.16. The van der Waals surface area contributed by atoms with E-state index >= 15 is 0 Å². The first-order chi connectivity index (χ1) is 7.63. The van der Waals surface area contributed by atoms with Crippen LogP contribution in [0.1, 0.15) is 19.4 Å². The smallest absolute Gasteiger partial charge is 0.186 e. The van der Waals surface area contributed by atoms with Crippen molar-refractivity contribution >= 4 is 0 Å². The molecule has 2 N–H and O–H groups in total. The van der Waals surface area contributed by atoms with Crippen molar-refractivity contribution in [2.75, 3.05) is 20.1 Å². The number of aromatic nitrogens is 1. The number of likely N-dealkylation sites (N-methyl/N-ethyl adjacent to an activating group) is 1. The van der Waals surface area contributed by atoms with Crippen molar-refractivity contribution < 1.29 is 0 Å². The molecule has 0 aliphatic heterocycles. The molecule has 1 atom stereocenters. The highest BCUT2D eigenvalue weighted by molar-refractivity contribution is 5.08. The Hall–Kier alpha value is -1.13. The zero-order chi connectivity index (χ0) is 12.0. The molecule has 0 amide bonds. The van der Waals surface area contributed by atoms with Gasteiger partial charge in [-0.1, -0.05) is 6.92 Å². The van der Waals surface area contributed by atoms with Crippen LogP contribution in [0.2, 0.25) is 0 Å². The van der Waals surface area contributed by atoms with Crippen molar-refractivity contribution in [3.63, 3.8) is 0 Å². The van der Waals surface area contributed by atoms with Gasteiger partial charge in [-0.3, -0.25) is 4.79 Å². The van der Waals surface area contributed by atoms with Crippen molar-refractivity contribution in [1.82, 2.24) is 15.2 Å². The van der Waals surface area contributed by atoms with Gasteiger partial charge in [-0.15, -0.1) is 0 Å². The summed E-state index contributed by atoms with van der Waals surface area (Å²) in [6.07, 6.45) is 3.41. The van der Waals surface area contributed by atoms with E-state index in [2.05, 4.69) is 36.1 Å². The molecule has 0 radical (unpaired) electrons. The Morgan fingerprint density at radius 3 is 2.94 bits per heavy atom. The van der Waals surface area contributed by atoms with Gasteiger partial charge in [-0.25, -0.2) is 0 Å². The number of nitrogens with one attached hydrogen (secondary N) is 2. The SMILES string of the molecule is CCN(C)CC(C)NCc1c[nH]ccc1=O. The Morgan fingerprint density at radius 2 is 2.31 bits per heavy atom. The van der Waals surface area contributed by atoms with E-state index in [1.54, 1.807) is 18.5 Å². The molecule has 0 saturated heterocycles. The molecule has 4 heteroatoms. The van der Waals surface area contributed by atoms with E-state index in [9.17, 15) is 4.79 Å². The number of H-pyrrole nitrogens is 1. The Kier molecular flexibility index (Phi) is 5.22. The quantitative estimate of drug-likeness (QED) is 0.750. The minimum absolute atomic E-state index is 0.0855. The van der Waals surface area contributed by atoms with Gasteiger partial charge < -0.3 is 15.2 Å². The number of hydrogen-bond acceptors (Lipinski definition) is 3. The largest absolute Gasteiger partial charge is 0.367 e. The van der Waals surface area contributed by atoms with E-state index in [4.69, 9.17) is 0 Å². The predicted octanol–water partition coefficient (Wildman–Crippen LogP) is 0.805. The van der Waals surface area contributed by atoms with Gasteiger partial charge in [0.25, 0.3) is 0 Å². The molecular weight excluding hydrogens is 202 g/mol. The average molecular weight is 223 g/mol. The topological polar surface area (TPSA) is 48.1 Å². The maximum Gasteiger partial charge on any atom is 0.186 e. The Bertz CT molecular complexity index is 361. The van der Waals surface area contributed by atoms with Crippen LogP contribution in [0.4, 0.5) is 0 Å². The van der Waals surface area contributed by atoms with Crippen molar-refractivity contribution in [2.45, 2.75) is 26.4 Å². The molecular formula is C12H21N3O. The van der Waals surface area contributed by atoms with Crippen LogP contribution in [0.25, 0.3) is 0 Å². The molecule has 0 aromatic carbocycles. The molecule has 0 aliphatic rings. The fraction of sp³-hybridized carbons (Fsp3) is 0.583. The predicted molar refractivity (Wildman–Crippen MR) is 66.5 cm³/mol. The molecule has 4 nitrogen and oxygen atoms in total. The van der Waals surface area contributed by atoms with E-state index in [1.165, 1.54) is 0 Å². The second-order valence-electron chi connectivity index (χ2n) is 4.17. The van der Waals surface area contributed by atoms with Crippen LogP contribution >= 0.6 is 0 Å². The van der Waals surface area contributed by atoms with Crippen molar-refractivity contribution in [3.05, 3.63) is 34.2 Å². The van der Waals surface area contributed by atoms with E-state index in [-0.39, 0.29) is 5.43 Å². The summed E-state index contributed by atoms with van der Waals surface area (Å²) in [5.41, 5.74) is 0.871. The van der Waals surface area contributed by atoms with Crippen LogP contribution in [0.3, 0.4) is 0 Å². The average Bonchev–Trinajstić information content (AvgIpc) is 2.28. The Balaban J connectivity index is 2.40. The summed E-state index contributed by atoms with van der Waals surface area (Å²) in [6.45, 7) is 6.91. The standard InChI is InChI=1S/C12H21N3O/c1-4-15(3)9-10(2)14-8-11-7-13-6-5-12(11)16/h5-7,10,14H,4,8-9H2,1-3H3,(H,13,16). The maximum absolute atomic E-state index is 11.4. The second kappa shape index (κ2) is 6.45. The molecule has 1 aromatic heterocycles. The molecule has 1 aromatic rings. The lowest BCUT2D eigenvalue weighted by atomic mass is 10.2. The maximum atomic E-state index is 11.4. The normalized spacial score (nSPS) is 13.0. The fourth-order valence-electron chi connectivity index (χ4n) is 1.53. The highest BCUT2D eigenvalue weighted by Gasteiger charge is 2.05. The van der Waals surface area contributed by atoms with Gasteiger partial charge in [0.2, 0.25) is 0 Å². The molecule has 0 saturated carbocycles. The summed E-state index contributed by atoms with van der Waals surface area (Å²) in [5, 5.41) is 3.34. The van der Waals surface area contributed by atoms with Crippen molar-refractivity contribution in [2.24, 2.45) is 0 Å². The van der Waals surface area contributed by atoms with E-state index < -0.39 is 0 Å². The van der Waals surface area contributed by atoms with Gasteiger partial charge in [-0.05, 0) is 20.5 Å². The van der Waals surface area contributed by atoms with Gasteiger partial charge in [0.15, 0.2) is 5.43 Å². The molecule has 0 spiro atoms. The van der Waals surface area contributed by atoms with Crippen LogP contribution in [0, 0.1) is 0 Å². The molecule has 1 heterocycles. The van der Waals surface area contributed by atoms with E-state index in [1.807, 2.05) is 0 Å². The molecule has 90 valence electrons. The summed E-state index contributed by atoms with van der Waals surface area (Å²) in [6, 6.07) is 1.93. The van der Waals surface area contributed by atoms with E-state index in [0.717, 1.165) is 18.7 Å². The lowest BCUT2D eigenvalue weighted by molar-refractivity contribution is 0.309. The van der Waals surface area contributed by atoms with Crippen molar-refractivity contribution in [1.29, 1.82) is 0 Å². The lowest BCUT2D eigenvalue weighted by Gasteiger charge is -2.20. The van der Waals surface area contributed by atoms with Crippen LogP contribution in [-0.4, -0.2) is 36.1 Å².